The van der Waals surface area contributed by atoms with Crippen LogP contribution >= 0.6 is 0 Å². The minimum atomic E-state index is -0.579. The normalized spacial score (nSPS) is 17.5. The van der Waals surface area contributed by atoms with Crippen molar-refractivity contribution >= 4 is 11.8 Å². The Balaban J connectivity index is 1.85. The van der Waals surface area contributed by atoms with Gasteiger partial charge in [0, 0.05) is 13.2 Å². The molecule has 0 saturated carbocycles. The highest BCUT2D eigenvalue weighted by molar-refractivity contribution is 5.95. The minimum Gasteiger partial charge on any atom is -0.483 e. The van der Waals surface area contributed by atoms with E-state index in [1.807, 2.05) is 6.92 Å². The highest BCUT2D eigenvalue weighted by atomic mass is 16.5. The summed E-state index contributed by atoms with van der Waals surface area (Å²) in [6, 6.07) is 5.05. The van der Waals surface area contributed by atoms with Gasteiger partial charge in [-0.2, -0.15) is 0 Å². The highest BCUT2D eigenvalue weighted by Gasteiger charge is 2.16. The van der Waals surface area contributed by atoms with Crippen LogP contribution in [0.1, 0.15) is 28.8 Å². The van der Waals surface area contributed by atoms with Crippen molar-refractivity contribution in [1.29, 1.82) is 0 Å². The molecule has 1 heterocycles. The second kappa shape index (κ2) is 7.08. The molecule has 0 aliphatic carbocycles. The van der Waals surface area contributed by atoms with E-state index in [1.54, 1.807) is 18.2 Å². The molecule has 0 aromatic heterocycles. The third kappa shape index (κ3) is 4.46. The van der Waals surface area contributed by atoms with E-state index in [-0.39, 0.29) is 24.2 Å². The summed E-state index contributed by atoms with van der Waals surface area (Å²) in [4.78, 5) is 23.0. The van der Waals surface area contributed by atoms with Crippen molar-refractivity contribution < 1.29 is 19.1 Å². The quantitative estimate of drug-likeness (QED) is 0.810. The van der Waals surface area contributed by atoms with Crippen LogP contribution in [-0.2, 0) is 9.53 Å². The zero-order valence-electron chi connectivity index (χ0n) is 12.1. The molecule has 1 unspecified atom stereocenters. The first-order valence-corrected chi connectivity index (χ1v) is 6.98. The molecule has 114 valence electrons. The molecule has 1 aromatic carbocycles. The zero-order chi connectivity index (χ0) is 15.2. The molecule has 21 heavy (non-hydrogen) atoms. The smallest absolute Gasteiger partial charge is 0.258 e. The summed E-state index contributed by atoms with van der Waals surface area (Å²) < 4.78 is 10.8. The summed E-state index contributed by atoms with van der Waals surface area (Å²) in [6.45, 7) is 2.95. The molecule has 2 amide bonds. The topological polar surface area (TPSA) is 90.7 Å². The zero-order valence-corrected chi connectivity index (χ0v) is 12.1. The van der Waals surface area contributed by atoms with E-state index >= 15 is 0 Å². The lowest BCUT2D eigenvalue weighted by Gasteiger charge is -2.13. The van der Waals surface area contributed by atoms with Gasteiger partial charge < -0.3 is 20.5 Å². The highest BCUT2D eigenvalue weighted by Crippen LogP contribution is 2.19. The summed E-state index contributed by atoms with van der Waals surface area (Å²) in [5.74, 6) is -0.498. The molecule has 1 aliphatic heterocycles. The van der Waals surface area contributed by atoms with E-state index in [0.717, 1.165) is 25.0 Å². The van der Waals surface area contributed by atoms with Crippen LogP contribution in [0, 0.1) is 6.92 Å². The number of nitrogens with one attached hydrogen (secondary N) is 1. The van der Waals surface area contributed by atoms with Crippen LogP contribution in [0.3, 0.4) is 0 Å². The molecule has 1 saturated heterocycles. The van der Waals surface area contributed by atoms with E-state index in [2.05, 4.69) is 5.32 Å². The van der Waals surface area contributed by atoms with Gasteiger partial charge in [-0.1, -0.05) is 6.07 Å². The van der Waals surface area contributed by atoms with Gasteiger partial charge in [0.15, 0.2) is 6.61 Å². The third-order valence-corrected chi connectivity index (χ3v) is 3.31. The van der Waals surface area contributed by atoms with Gasteiger partial charge in [0.2, 0.25) is 0 Å². The van der Waals surface area contributed by atoms with Crippen molar-refractivity contribution in [2.75, 3.05) is 19.8 Å². The molecule has 3 N–H and O–H groups in total. The number of primary amides is 1. The summed E-state index contributed by atoms with van der Waals surface area (Å²) in [6.07, 6.45) is 2.08. The van der Waals surface area contributed by atoms with Crippen LogP contribution in [0.5, 0.6) is 5.75 Å². The number of rotatable bonds is 6. The molecule has 0 bridgehead atoms. The molecule has 0 spiro atoms. The fourth-order valence-electron chi connectivity index (χ4n) is 2.18. The lowest BCUT2D eigenvalue weighted by atomic mass is 10.1. The molecule has 2 rings (SSSR count). The van der Waals surface area contributed by atoms with E-state index in [1.165, 1.54) is 0 Å². The number of amides is 2. The number of hydrogen-bond acceptors (Lipinski definition) is 4. The van der Waals surface area contributed by atoms with Crippen molar-refractivity contribution in [3.8, 4) is 5.75 Å². The van der Waals surface area contributed by atoms with Crippen molar-refractivity contribution in [3.05, 3.63) is 29.3 Å². The first kappa shape index (κ1) is 15.3. The number of aryl methyl sites for hydroxylation is 1. The second-order valence-electron chi connectivity index (χ2n) is 5.09. The molecular formula is C15H20N2O4. The number of carbonyl (C=O) groups excluding carboxylic acids is 2. The average molecular weight is 292 g/mol. The molecule has 1 aromatic rings. The van der Waals surface area contributed by atoms with Gasteiger partial charge in [-0.3, -0.25) is 9.59 Å². The van der Waals surface area contributed by atoms with Crippen LogP contribution < -0.4 is 15.8 Å². The first-order chi connectivity index (χ1) is 10.1. The number of hydrogen-bond donors (Lipinski definition) is 2. The maximum atomic E-state index is 11.7. The second-order valence-corrected chi connectivity index (χ2v) is 5.09. The van der Waals surface area contributed by atoms with Crippen LogP contribution in [0.4, 0.5) is 0 Å². The molecule has 1 atom stereocenters. The maximum Gasteiger partial charge on any atom is 0.258 e. The van der Waals surface area contributed by atoms with Gasteiger partial charge in [-0.25, -0.2) is 0 Å². The molecule has 0 radical (unpaired) electrons. The molecule has 1 fully saturated rings. The van der Waals surface area contributed by atoms with E-state index in [4.69, 9.17) is 15.2 Å². The fraction of sp³-hybridized carbons (Fsp3) is 0.467. The molecular weight excluding hydrogens is 272 g/mol. The van der Waals surface area contributed by atoms with E-state index < -0.39 is 5.91 Å². The van der Waals surface area contributed by atoms with Crippen LogP contribution in [0.2, 0.25) is 0 Å². The fourth-order valence-corrected chi connectivity index (χ4v) is 2.18. The van der Waals surface area contributed by atoms with Crippen LogP contribution in [-0.4, -0.2) is 37.7 Å². The van der Waals surface area contributed by atoms with E-state index in [0.29, 0.717) is 12.3 Å². The first-order valence-electron chi connectivity index (χ1n) is 6.98. The van der Waals surface area contributed by atoms with Crippen molar-refractivity contribution in [2.45, 2.75) is 25.9 Å². The van der Waals surface area contributed by atoms with Gasteiger partial charge >= 0.3 is 0 Å². The lowest BCUT2D eigenvalue weighted by molar-refractivity contribution is -0.123. The summed E-state index contributed by atoms with van der Waals surface area (Å²) in [5, 5.41) is 2.75. The Labute approximate surface area is 123 Å². The number of ether oxygens (including phenoxy) is 2. The Hall–Kier alpha value is -2.08. The Kier molecular flexibility index (Phi) is 5.16. The predicted octanol–water partition coefficient (Wildman–Crippen LogP) is 0.768. The van der Waals surface area contributed by atoms with Gasteiger partial charge in [0.25, 0.3) is 11.8 Å². The monoisotopic (exact) mass is 292 g/mol. The van der Waals surface area contributed by atoms with Crippen LogP contribution in [0.25, 0.3) is 0 Å². The Morgan fingerprint density at radius 3 is 2.95 bits per heavy atom. The Morgan fingerprint density at radius 1 is 1.48 bits per heavy atom. The predicted molar refractivity (Wildman–Crippen MR) is 77.2 cm³/mol. The summed E-state index contributed by atoms with van der Waals surface area (Å²) in [5.41, 5.74) is 6.47. The van der Waals surface area contributed by atoms with Crippen LogP contribution in [0.15, 0.2) is 18.2 Å². The number of benzene rings is 1. The standard InChI is InChI=1S/C15H20N2O4/c1-10-4-5-12(15(16)19)13(7-10)21-9-14(18)17-8-11-3-2-6-20-11/h4-5,7,11H,2-3,6,8-9H2,1H3,(H2,16,19)(H,17,18). The molecule has 6 nitrogen and oxygen atoms in total. The van der Waals surface area contributed by atoms with Gasteiger partial charge in [-0.05, 0) is 37.5 Å². The number of nitrogens with two attached hydrogens (primary N) is 1. The third-order valence-electron chi connectivity index (χ3n) is 3.31. The Morgan fingerprint density at radius 2 is 2.29 bits per heavy atom. The van der Waals surface area contributed by atoms with Gasteiger partial charge in [-0.15, -0.1) is 0 Å². The van der Waals surface area contributed by atoms with Gasteiger partial charge in [0.05, 0.1) is 11.7 Å². The Bertz CT molecular complexity index is 524. The minimum absolute atomic E-state index is 0.0918. The summed E-state index contributed by atoms with van der Waals surface area (Å²) >= 11 is 0. The largest absolute Gasteiger partial charge is 0.483 e. The van der Waals surface area contributed by atoms with Crippen molar-refractivity contribution in [2.24, 2.45) is 5.73 Å². The maximum absolute atomic E-state index is 11.7. The molecule has 6 heteroatoms. The number of carbonyl (C=O) groups is 2. The van der Waals surface area contributed by atoms with Crippen molar-refractivity contribution in [3.63, 3.8) is 0 Å². The molecule has 1 aliphatic rings. The van der Waals surface area contributed by atoms with Gasteiger partial charge in [0.1, 0.15) is 5.75 Å². The average Bonchev–Trinajstić information content (AvgIpc) is 2.96. The summed E-state index contributed by atoms with van der Waals surface area (Å²) in [7, 11) is 0. The lowest BCUT2D eigenvalue weighted by Crippen LogP contribution is -2.35. The SMILES string of the molecule is Cc1ccc(C(N)=O)c(OCC(=O)NCC2CCCO2)c1. The van der Waals surface area contributed by atoms with Crippen molar-refractivity contribution in [1.82, 2.24) is 5.32 Å². The van der Waals surface area contributed by atoms with E-state index in [9.17, 15) is 9.59 Å².